The molecule has 0 bridgehead atoms. The first-order chi connectivity index (χ1) is 8.39. The maximum atomic E-state index is 12.4. The maximum absolute atomic E-state index is 12.4. The molecule has 2 nitrogen and oxygen atoms in total. The minimum absolute atomic E-state index is 0.250. The van der Waals surface area contributed by atoms with Crippen LogP contribution in [-0.4, -0.2) is 18.6 Å². The standard InChI is InChI=1S/C13H13F3O2/c1-8-10(12(17)13(14,15)16)3-2-4-11(8)18-7-9-5-6-9/h2-4,9H,5-7H2,1H3. The first kappa shape index (κ1) is 12.9. The van der Waals surface area contributed by atoms with E-state index in [0.29, 0.717) is 18.3 Å². The Labute approximate surface area is 103 Å². The number of alkyl halides is 3. The van der Waals surface area contributed by atoms with Crippen LogP contribution >= 0.6 is 0 Å². The number of carbonyl (C=O) groups excluding carboxylic acids is 1. The number of ether oxygens (including phenoxy) is 1. The van der Waals surface area contributed by atoms with E-state index in [1.807, 2.05) is 0 Å². The summed E-state index contributed by atoms with van der Waals surface area (Å²) in [5.74, 6) is -0.958. The van der Waals surface area contributed by atoms with E-state index in [1.54, 1.807) is 6.07 Å². The largest absolute Gasteiger partial charge is 0.493 e. The van der Waals surface area contributed by atoms with Gasteiger partial charge in [0.1, 0.15) is 5.75 Å². The second-order valence-electron chi connectivity index (χ2n) is 4.51. The number of rotatable bonds is 4. The van der Waals surface area contributed by atoms with Crippen LogP contribution in [0.4, 0.5) is 13.2 Å². The van der Waals surface area contributed by atoms with Gasteiger partial charge in [-0.2, -0.15) is 13.2 Å². The Hall–Kier alpha value is -1.52. The number of carbonyl (C=O) groups is 1. The third-order valence-corrected chi connectivity index (χ3v) is 2.96. The van der Waals surface area contributed by atoms with Crippen molar-refractivity contribution in [3.63, 3.8) is 0 Å². The predicted octanol–water partition coefficient (Wildman–Crippen LogP) is 3.53. The van der Waals surface area contributed by atoms with Gasteiger partial charge in [-0.3, -0.25) is 4.79 Å². The predicted molar refractivity (Wildman–Crippen MR) is 59.8 cm³/mol. The summed E-state index contributed by atoms with van der Waals surface area (Å²) in [6.45, 7) is 1.98. The van der Waals surface area contributed by atoms with Gasteiger partial charge in [0.2, 0.25) is 0 Å². The molecule has 0 spiro atoms. The zero-order valence-corrected chi connectivity index (χ0v) is 9.88. The molecule has 1 aromatic carbocycles. The molecule has 5 heteroatoms. The van der Waals surface area contributed by atoms with Crippen molar-refractivity contribution in [2.24, 2.45) is 5.92 Å². The van der Waals surface area contributed by atoms with Crippen LogP contribution < -0.4 is 4.74 Å². The van der Waals surface area contributed by atoms with Gasteiger partial charge in [0.15, 0.2) is 0 Å². The molecule has 0 amide bonds. The van der Waals surface area contributed by atoms with Gasteiger partial charge < -0.3 is 4.74 Å². The summed E-state index contributed by atoms with van der Waals surface area (Å²) in [5, 5.41) is 0. The van der Waals surface area contributed by atoms with Crippen molar-refractivity contribution >= 4 is 5.78 Å². The Kier molecular flexibility index (Phi) is 3.32. The molecule has 0 aromatic heterocycles. The summed E-state index contributed by atoms with van der Waals surface area (Å²) in [7, 11) is 0. The molecule has 0 N–H and O–H groups in total. The Balaban J connectivity index is 2.20. The van der Waals surface area contributed by atoms with Crippen molar-refractivity contribution in [2.75, 3.05) is 6.61 Å². The molecule has 0 radical (unpaired) electrons. The number of hydrogen-bond acceptors (Lipinski definition) is 2. The molecule has 2 rings (SSSR count). The maximum Gasteiger partial charge on any atom is 0.454 e. The SMILES string of the molecule is Cc1c(OCC2CC2)cccc1C(=O)C(F)(F)F. The van der Waals surface area contributed by atoms with Gasteiger partial charge in [0, 0.05) is 11.1 Å². The van der Waals surface area contributed by atoms with Gasteiger partial charge >= 0.3 is 6.18 Å². The Bertz CT molecular complexity index is 462. The van der Waals surface area contributed by atoms with Crippen LogP contribution in [0.25, 0.3) is 0 Å². The summed E-state index contributed by atoms with van der Waals surface area (Å²) < 4.78 is 42.6. The molecule has 0 saturated heterocycles. The number of benzene rings is 1. The van der Waals surface area contributed by atoms with E-state index in [9.17, 15) is 18.0 Å². The van der Waals surface area contributed by atoms with Crippen molar-refractivity contribution in [3.8, 4) is 5.75 Å². The smallest absolute Gasteiger partial charge is 0.454 e. The number of halogens is 3. The summed E-state index contributed by atoms with van der Waals surface area (Å²) in [5.41, 5.74) is -0.0868. The Morgan fingerprint density at radius 2 is 2.06 bits per heavy atom. The molecule has 0 atom stereocenters. The second-order valence-corrected chi connectivity index (χ2v) is 4.51. The van der Waals surface area contributed by atoms with Crippen molar-refractivity contribution in [3.05, 3.63) is 29.3 Å². The molecule has 1 aliphatic rings. The van der Waals surface area contributed by atoms with Gasteiger partial charge in [-0.15, -0.1) is 0 Å². The van der Waals surface area contributed by atoms with Gasteiger partial charge in [-0.05, 0) is 31.7 Å². The minimum atomic E-state index is -4.85. The zero-order valence-electron chi connectivity index (χ0n) is 9.88. The fourth-order valence-corrected chi connectivity index (χ4v) is 1.66. The normalized spacial score (nSPS) is 15.6. The molecule has 0 aliphatic heterocycles. The fourth-order valence-electron chi connectivity index (χ4n) is 1.66. The van der Waals surface area contributed by atoms with Crippen LogP contribution in [-0.2, 0) is 0 Å². The van der Waals surface area contributed by atoms with Crippen LogP contribution in [0.3, 0.4) is 0 Å². The van der Waals surface area contributed by atoms with Crippen molar-refractivity contribution in [2.45, 2.75) is 25.9 Å². The van der Waals surface area contributed by atoms with E-state index in [1.165, 1.54) is 19.1 Å². The molecule has 98 valence electrons. The van der Waals surface area contributed by atoms with Gasteiger partial charge in [0.25, 0.3) is 5.78 Å². The number of ketones is 1. The molecule has 0 heterocycles. The highest BCUT2D eigenvalue weighted by Crippen LogP contribution is 2.32. The van der Waals surface area contributed by atoms with Gasteiger partial charge in [-0.25, -0.2) is 0 Å². The first-order valence-electron chi connectivity index (χ1n) is 5.73. The third kappa shape index (κ3) is 2.83. The first-order valence-corrected chi connectivity index (χ1v) is 5.73. The second kappa shape index (κ2) is 4.63. The Morgan fingerprint density at radius 1 is 1.39 bits per heavy atom. The lowest BCUT2D eigenvalue weighted by atomic mass is 10.0. The number of hydrogen-bond donors (Lipinski definition) is 0. The lowest BCUT2D eigenvalue weighted by molar-refractivity contribution is -0.0885. The highest BCUT2D eigenvalue weighted by Gasteiger charge is 2.40. The van der Waals surface area contributed by atoms with E-state index in [2.05, 4.69) is 0 Å². The zero-order chi connectivity index (χ0) is 13.3. The van der Waals surface area contributed by atoms with Crippen LogP contribution in [0.15, 0.2) is 18.2 Å². The molecule has 1 saturated carbocycles. The molecular weight excluding hydrogens is 245 g/mol. The summed E-state index contributed by atoms with van der Waals surface area (Å²) in [4.78, 5) is 11.2. The van der Waals surface area contributed by atoms with E-state index >= 15 is 0 Å². The van der Waals surface area contributed by atoms with Crippen molar-refractivity contribution < 1.29 is 22.7 Å². The van der Waals surface area contributed by atoms with E-state index in [-0.39, 0.29) is 11.1 Å². The van der Waals surface area contributed by atoms with E-state index < -0.39 is 12.0 Å². The third-order valence-electron chi connectivity index (χ3n) is 2.96. The fraction of sp³-hybridized carbons (Fsp3) is 0.462. The highest BCUT2D eigenvalue weighted by atomic mass is 19.4. The minimum Gasteiger partial charge on any atom is -0.493 e. The quantitative estimate of drug-likeness (QED) is 0.772. The van der Waals surface area contributed by atoms with Crippen molar-refractivity contribution in [1.29, 1.82) is 0 Å². The molecule has 1 aliphatic carbocycles. The van der Waals surface area contributed by atoms with Gasteiger partial charge in [0.05, 0.1) is 6.61 Å². The average Bonchev–Trinajstić information content (AvgIpc) is 3.09. The van der Waals surface area contributed by atoms with Crippen molar-refractivity contribution in [1.82, 2.24) is 0 Å². The lowest BCUT2D eigenvalue weighted by Gasteiger charge is -2.13. The monoisotopic (exact) mass is 258 g/mol. The van der Waals surface area contributed by atoms with E-state index in [0.717, 1.165) is 12.8 Å². The van der Waals surface area contributed by atoms with Crippen LogP contribution in [0.1, 0.15) is 28.8 Å². The molecule has 0 unspecified atom stereocenters. The molecule has 1 aromatic rings. The van der Waals surface area contributed by atoms with E-state index in [4.69, 9.17) is 4.74 Å². The van der Waals surface area contributed by atoms with Gasteiger partial charge in [-0.1, -0.05) is 12.1 Å². The summed E-state index contributed by atoms with van der Waals surface area (Å²) >= 11 is 0. The average molecular weight is 258 g/mol. The Morgan fingerprint density at radius 3 is 2.61 bits per heavy atom. The lowest BCUT2D eigenvalue weighted by Crippen LogP contribution is -2.23. The summed E-state index contributed by atoms with van der Waals surface area (Å²) in [6, 6.07) is 4.17. The number of Topliss-reactive ketones (excluding diaryl/α,β-unsaturated/α-hetero) is 1. The van der Waals surface area contributed by atoms with Crippen LogP contribution in [0.2, 0.25) is 0 Å². The van der Waals surface area contributed by atoms with Crippen LogP contribution in [0.5, 0.6) is 5.75 Å². The molecule has 18 heavy (non-hydrogen) atoms. The summed E-state index contributed by atoms with van der Waals surface area (Å²) in [6.07, 6.45) is -2.65. The molecule has 1 fully saturated rings. The molecular formula is C13H13F3O2. The highest BCUT2D eigenvalue weighted by molar-refractivity contribution is 6.01. The van der Waals surface area contributed by atoms with Crippen LogP contribution in [0, 0.1) is 12.8 Å². The topological polar surface area (TPSA) is 26.3 Å².